The van der Waals surface area contributed by atoms with Gasteiger partial charge in [0.2, 0.25) is 5.91 Å². The van der Waals surface area contributed by atoms with Gasteiger partial charge in [-0.25, -0.2) is 0 Å². The summed E-state index contributed by atoms with van der Waals surface area (Å²) in [5, 5.41) is 3.32. The van der Waals surface area contributed by atoms with Crippen molar-refractivity contribution in [2.75, 3.05) is 19.5 Å². The minimum Gasteiger partial charge on any atom is -0.495 e. The molecule has 1 N–H and O–H groups in total. The second kappa shape index (κ2) is 9.29. The van der Waals surface area contributed by atoms with Crippen LogP contribution in [0, 0.1) is 0 Å². The number of nitrogens with one attached hydrogen (secondary N) is 1. The zero-order valence-corrected chi connectivity index (χ0v) is 16.6. The van der Waals surface area contributed by atoms with E-state index in [-0.39, 0.29) is 11.8 Å². The molecule has 0 bridgehead atoms. The Kier molecular flexibility index (Phi) is 6.56. The summed E-state index contributed by atoms with van der Waals surface area (Å²) in [7, 11) is 3.07. The molecule has 3 rings (SSSR count). The zero-order chi connectivity index (χ0) is 19.9. The highest BCUT2D eigenvalue weighted by molar-refractivity contribution is 6.32. The van der Waals surface area contributed by atoms with Gasteiger partial charge in [0.1, 0.15) is 11.5 Å². The van der Waals surface area contributed by atoms with Crippen LogP contribution in [0.1, 0.15) is 23.5 Å². The third-order valence-electron chi connectivity index (χ3n) is 4.54. The number of hydrogen-bond acceptors (Lipinski definition) is 3. The molecule has 0 radical (unpaired) electrons. The van der Waals surface area contributed by atoms with Crippen molar-refractivity contribution < 1.29 is 14.3 Å². The minimum atomic E-state index is -0.128. The highest BCUT2D eigenvalue weighted by Crippen LogP contribution is 2.36. The lowest BCUT2D eigenvalue weighted by Crippen LogP contribution is -2.17. The lowest BCUT2D eigenvalue weighted by molar-refractivity contribution is -0.116. The molecule has 3 aromatic carbocycles. The van der Waals surface area contributed by atoms with Gasteiger partial charge in [-0.3, -0.25) is 4.79 Å². The number of carbonyl (C=O) groups excluding carboxylic acids is 1. The van der Waals surface area contributed by atoms with Crippen LogP contribution in [0.5, 0.6) is 11.5 Å². The smallest absolute Gasteiger partial charge is 0.225 e. The number of amides is 1. The normalized spacial score (nSPS) is 10.6. The number of methoxy groups -OCH3 is 2. The number of carbonyl (C=O) groups is 1. The summed E-state index contributed by atoms with van der Waals surface area (Å²) in [6, 6.07) is 23.3. The van der Waals surface area contributed by atoms with E-state index >= 15 is 0 Å². The van der Waals surface area contributed by atoms with E-state index < -0.39 is 0 Å². The van der Waals surface area contributed by atoms with Gasteiger partial charge in [0.05, 0.1) is 24.9 Å². The first-order valence-corrected chi connectivity index (χ1v) is 9.31. The summed E-state index contributed by atoms with van der Waals surface area (Å²) in [6.07, 6.45) is 0.292. The molecule has 28 heavy (non-hydrogen) atoms. The van der Waals surface area contributed by atoms with Gasteiger partial charge in [-0.15, -0.1) is 0 Å². The fraction of sp³-hybridized carbons (Fsp3) is 0.174. The quantitative estimate of drug-likeness (QED) is 0.573. The molecule has 0 aliphatic carbocycles. The molecule has 0 aliphatic heterocycles. The van der Waals surface area contributed by atoms with Crippen LogP contribution in [0.15, 0.2) is 72.8 Å². The SMILES string of the molecule is COc1cc(OC)c(NC(=O)CC(c2ccccc2)c2ccccc2)cc1Cl. The summed E-state index contributed by atoms with van der Waals surface area (Å²) < 4.78 is 10.6. The predicted octanol–water partition coefficient (Wildman–Crippen LogP) is 5.52. The Hall–Kier alpha value is -2.98. The molecule has 1 amide bonds. The molecule has 144 valence electrons. The second-order valence-corrected chi connectivity index (χ2v) is 6.72. The first kappa shape index (κ1) is 19.8. The zero-order valence-electron chi connectivity index (χ0n) is 15.8. The number of benzene rings is 3. The molecule has 5 heteroatoms. The lowest BCUT2D eigenvalue weighted by Gasteiger charge is -2.19. The highest BCUT2D eigenvalue weighted by atomic mass is 35.5. The van der Waals surface area contributed by atoms with Crippen LogP contribution in [0.25, 0.3) is 0 Å². The summed E-state index contributed by atoms with van der Waals surface area (Å²) in [4.78, 5) is 12.9. The van der Waals surface area contributed by atoms with Gasteiger partial charge in [-0.2, -0.15) is 0 Å². The van der Waals surface area contributed by atoms with E-state index in [9.17, 15) is 4.79 Å². The summed E-state index contributed by atoms with van der Waals surface area (Å²) in [5.74, 6) is 0.799. The summed E-state index contributed by atoms with van der Waals surface area (Å²) >= 11 is 6.21. The third-order valence-corrected chi connectivity index (χ3v) is 4.84. The molecular formula is C23H22ClNO3. The number of ether oxygens (including phenoxy) is 2. The van der Waals surface area contributed by atoms with Crippen LogP contribution in [0.4, 0.5) is 5.69 Å². The summed E-state index contributed by atoms with van der Waals surface area (Å²) in [6.45, 7) is 0. The van der Waals surface area contributed by atoms with Crippen LogP contribution in [-0.2, 0) is 4.79 Å². The fourth-order valence-electron chi connectivity index (χ4n) is 3.14. The van der Waals surface area contributed by atoms with Crippen LogP contribution in [0.3, 0.4) is 0 Å². The van der Waals surface area contributed by atoms with Crippen LogP contribution in [0.2, 0.25) is 5.02 Å². The molecule has 0 aromatic heterocycles. The number of anilines is 1. The largest absolute Gasteiger partial charge is 0.495 e. The third kappa shape index (κ3) is 4.65. The van der Waals surface area contributed by atoms with Crippen molar-refractivity contribution in [3.8, 4) is 11.5 Å². The maximum absolute atomic E-state index is 12.9. The maximum atomic E-state index is 12.9. The van der Waals surface area contributed by atoms with Crippen molar-refractivity contribution in [2.45, 2.75) is 12.3 Å². The van der Waals surface area contributed by atoms with Crippen molar-refractivity contribution in [2.24, 2.45) is 0 Å². The first-order valence-electron chi connectivity index (χ1n) is 8.93. The molecule has 0 unspecified atom stereocenters. The molecule has 0 aliphatic rings. The Balaban J connectivity index is 1.85. The Labute approximate surface area is 170 Å². The van der Waals surface area contributed by atoms with Crippen molar-refractivity contribution >= 4 is 23.2 Å². The standard InChI is InChI=1S/C23H22ClNO3/c1-27-21-15-22(28-2)20(14-19(21)24)25-23(26)13-18(16-9-5-3-6-10-16)17-11-7-4-8-12-17/h3-12,14-15,18H,13H2,1-2H3,(H,25,26). The van der Waals surface area contributed by atoms with Gasteiger partial charge in [0.15, 0.2) is 0 Å². The molecule has 0 fully saturated rings. The molecular weight excluding hydrogens is 374 g/mol. The molecule has 0 heterocycles. The Morgan fingerprint density at radius 1 is 0.893 bits per heavy atom. The van der Waals surface area contributed by atoms with Crippen molar-refractivity contribution in [1.82, 2.24) is 0 Å². The van der Waals surface area contributed by atoms with E-state index in [0.717, 1.165) is 11.1 Å². The molecule has 0 atom stereocenters. The van der Waals surface area contributed by atoms with E-state index in [0.29, 0.717) is 28.6 Å². The monoisotopic (exact) mass is 395 g/mol. The van der Waals surface area contributed by atoms with Gasteiger partial charge in [0.25, 0.3) is 0 Å². The van der Waals surface area contributed by atoms with Crippen LogP contribution < -0.4 is 14.8 Å². The van der Waals surface area contributed by atoms with E-state index in [1.54, 1.807) is 12.1 Å². The van der Waals surface area contributed by atoms with Crippen molar-refractivity contribution in [1.29, 1.82) is 0 Å². The van der Waals surface area contributed by atoms with Crippen molar-refractivity contribution in [3.05, 3.63) is 88.9 Å². The Bertz CT molecular complexity index is 890. The van der Waals surface area contributed by atoms with Gasteiger partial charge in [-0.1, -0.05) is 72.3 Å². The van der Waals surface area contributed by atoms with E-state index in [2.05, 4.69) is 5.32 Å². The van der Waals surface area contributed by atoms with Crippen LogP contribution >= 0.6 is 11.6 Å². The second-order valence-electron chi connectivity index (χ2n) is 6.31. The Morgan fingerprint density at radius 3 is 1.93 bits per heavy atom. The highest BCUT2D eigenvalue weighted by Gasteiger charge is 2.19. The molecule has 0 saturated carbocycles. The van der Waals surface area contributed by atoms with E-state index in [4.69, 9.17) is 21.1 Å². The van der Waals surface area contributed by atoms with Gasteiger partial charge >= 0.3 is 0 Å². The fourth-order valence-corrected chi connectivity index (χ4v) is 3.38. The van der Waals surface area contributed by atoms with Gasteiger partial charge < -0.3 is 14.8 Å². The molecule has 0 spiro atoms. The van der Waals surface area contributed by atoms with Gasteiger partial charge in [0, 0.05) is 18.4 Å². The topological polar surface area (TPSA) is 47.6 Å². The predicted molar refractivity (Wildman–Crippen MR) is 113 cm³/mol. The van der Waals surface area contributed by atoms with E-state index in [1.807, 2.05) is 60.7 Å². The minimum absolute atomic E-state index is 0.0536. The number of halogens is 1. The maximum Gasteiger partial charge on any atom is 0.225 e. The van der Waals surface area contributed by atoms with Crippen LogP contribution in [-0.4, -0.2) is 20.1 Å². The van der Waals surface area contributed by atoms with E-state index in [1.165, 1.54) is 14.2 Å². The average molecular weight is 396 g/mol. The van der Waals surface area contributed by atoms with Gasteiger partial charge in [-0.05, 0) is 17.2 Å². The molecule has 4 nitrogen and oxygen atoms in total. The Morgan fingerprint density at radius 2 is 1.43 bits per heavy atom. The van der Waals surface area contributed by atoms with Crippen molar-refractivity contribution in [3.63, 3.8) is 0 Å². The summed E-state index contributed by atoms with van der Waals surface area (Å²) in [5.41, 5.74) is 2.69. The average Bonchev–Trinajstić information content (AvgIpc) is 2.73. The number of rotatable bonds is 7. The number of hydrogen-bond donors (Lipinski definition) is 1. The molecule has 0 saturated heterocycles. The lowest BCUT2D eigenvalue weighted by atomic mass is 9.88. The first-order chi connectivity index (χ1) is 13.6. The molecule has 3 aromatic rings.